The van der Waals surface area contributed by atoms with Crippen LogP contribution in [0.15, 0.2) is 48.3 Å². The summed E-state index contributed by atoms with van der Waals surface area (Å²) in [6.45, 7) is 0. The van der Waals surface area contributed by atoms with E-state index in [2.05, 4.69) is 12.2 Å². The number of hydrogen-bond acceptors (Lipinski definition) is 1. The van der Waals surface area contributed by atoms with Gasteiger partial charge in [-0.15, -0.1) is 0 Å². The molecule has 0 radical (unpaired) electrons. The maximum Gasteiger partial charge on any atom is 0.1000 e. The number of aliphatic hydroxyl groups is 1. The maximum absolute atomic E-state index is 9.43. The molecule has 0 aromatic heterocycles. The van der Waals surface area contributed by atoms with E-state index in [1.165, 1.54) is 0 Å². The summed E-state index contributed by atoms with van der Waals surface area (Å²) in [5.41, 5.74) is 0. The van der Waals surface area contributed by atoms with Crippen LogP contribution < -0.4 is 0 Å². The Morgan fingerprint density at radius 3 is 2.55 bits per heavy atom. The Kier molecular flexibility index (Phi) is 1.42. The predicted molar refractivity (Wildman–Crippen MR) is 45.1 cm³/mol. The van der Waals surface area contributed by atoms with E-state index in [1.54, 1.807) is 6.08 Å². The Bertz CT molecular complexity index is 269. The van der Waals surface area contributed by atoms with Crippen LogP contribution >= 0.6 is 0 Å². The third kappa shape index (κ3) is 1.03. The van der Waals surface area contributed by atoms with E-state index in [4.69, 9.17) is 0 Å². The number of fused-ring (bicyclic) bond motifs is 1. The minimum atomic E-state index is 0.185. The largest absolute Gasteiger partial charge is 0.512 e. The summed E-state index contributed by atoms with van der Waals surface area (Å²) in [4.78, 5) is 0. The highest BCUT2D eigenvalue weighted by molar-refractivity contribution is 5.30. The normalized spacial score (nSPS) is 33.3. The minimum Gasteiger partial charge on any atom is -0.512 e. The average Bonchev–Trinajstić information content (AvgIpc) is 2.06. The van der Waals surface area contributed by atoms with Crippen LogP contribution in [0.1, 0.15) is 0 Å². The number of allylic oxidation sites excluding steroid dienone is 7. The Labute approximate surface area is 66.0 Å². The summed E-state index contributed by atoms with van der Waals surface area (Å²) in [5, 5.41) is 9.43. The van der Waals surface area contributed by atoms with Gasteiger partial charge in [0.05, 0.1) is 5.76 Å². The summed E-state index contributed by atoms with van der Waals surface area (Å²) < 4.78 is 0. The topological polar surface area (TPSA) is 20.2 Å². The van der Waals surface area contributed by atoms with Crippen molar-refractivity contribution in [2.75, 3.05) is 0 Å². The van der Waals surface area contributed by atoms with Crippen LogP contribution in [0.3, 0.4) is 0 Å². The van der Waals surface area contributed by atoms with E-state index >= 15 is 0 Å². The molecular weight excluding hydrogens is 136 g/mol. The van der Waals surface area contributed by atoms with Gasteiger partial charge < -0.3 is 5.11 Å². The fourth-order valence-electron chi connectivity index (χ4n) is 1.50. The van der Waals surface area contributed by atoms with Crippen molar-refractivity contribution < 1.29 is 5.11 Å². The first-order valence-corrected chi connectivity index (χ1v) is 3.80. The van der Waals surface area contributed by atoms with Gasteiger partial charge >= 0.3 is 0 Å². The molecule has 2 atom stereocenters. The highest BCUT2D eigenvalue weighted by atomic mass is 16.3. The highest BCUT2D eigenvalue weighted by Crippen LogP contribution is 2.29. The van der Waals surface area contributed by atoms with Crippen LogP contribution in [-0.4, -0.2) is 5.11 Å². The third-order valence-corrected chi connectivity index (χ3v) is 2.12. The van der Waals surface area contributed by atoms with Crippen molar-refractivity contribution in [2.45, 2.75) is 0 Å². The summed E-state index contributed by atoms with van der Waals surface area (Å²) in [6.07, 6.45) is 13.9. The molecule has 1 N–H and O–H groups in total. The van der Waals surface area contributed by atoms with E-state index in [-0.39, 0.29) is 5.92 Å². The summed E-state index contributed by atoms with van der Waals surface area (Å²) in [7, 11) is 0. The van der Waals surface area contributed by atoms with Crippen LogP contribution in [0.5, 0.6) is 0 Å². The zero-order valence-corrected chi connectivity index (χ0v) is 6.14. The summed E-state index contributed by atoms with van der Waals surface area (Å²) >= 11 is 0. The smallest absolute Gasteiger partial charge is 0.1000 e. The molecule has 2 aliphatic rings. The quantitative estimate of drug-likeness (QED) is 0.556. The van der Waals surface area contributed by atoms with Crippen molar-refractivity contribution in [3.8, 4) is 0 Å². The molecule has 2 aliphatic carbocycles. The van der Waals surface area contributed by atoms with Gasteiger partial charge in [0.25, 0.3) is 0 Å². The lowest BCUT2D eigenvalue weighted by molar-refractivity contribution is 0.334. The number of rotatable bonds is 0. The standard InChI is InChI=1S/C10H10O/c11-10-7-3-5-8-4-1-2-6-9(8)10/h1-9,11H. The van der Waals surface area contributed by atoms with Crippen LogP contribution in [0, 0.1) is 11.8 Å². The summed E-state index contributed by atoms with van der Waals surface area (Å²) in [6, 6.07) is 0. The molecule has 1 nitrogen and oxygen atoms in total. The lowest BCUT2D eigenvalue weighted by Crippen LogP contribution is -2.15. The first-order chi connectivity index (χ1) is 5.38. The fraction of sp³-hybridized carbons (Fsp3) is 0.200. The van der Waals surface area contributed by atoms with Gasteiger partial charge in [0.15, 0.2) is 0 Å². The molecule has 2 rings (SSSR count). The second-order valence-electron chi connectivity index (χ2n) is 2.85. The Balaban J connectivity index is 2.33. The van der Waals surface area contributed by atoms with Crippen LogP contribution in [0.2, 0.25) is 0 Å². The second-order valence-corrected chi connectivity index (χ2v) is 2.85. The van der Waals surface area contributed by atoms with E-state index in [0.717, 1.165) is 0 Å². The van der Waals surface area contributed by atoms with Crippen molar-refractivity contribution in [3.63, 3.8) is 0 Å². The monoisotopic (exact) mass is 146 g/mol. The molecule has 0 amide bonds. The van der Waals surface area contributed by atoms with Gasteiger partial charge in [0.1, 0.15) is 0 Å². The first-order valence-electron chi connectivity index (χ1n) is 3.80. The van der Waals surface area contributed by atoms with Gasteiger partial charge in [0.2, 0.25) is 0 Å². The Morgan fingerprint density at radius 1 is 1.00 bits per heavy atom. The van der Waals surface area contributed by atoms with E-state index in [9.17, 15) is 5.11 Å². The number of hydrogen-bond donors (Lipinski definition) is 1. The molecule has 56 valence electrons. The van der Waals surface area contributed by atoms with Crippen molar-refractivity contribution >= 4 is 0 Å². The summed E-state index contributed by atoms with van der Waals surface area (Å²) in [5.74, 6) is 1.02. The van der Waals surface area contributed by atoms with Gasteiger partial charge in [-0.25, -0.2) is 0 Å². The molecule has 0 heterocycles. The molecule has 0 saturated heterocycles. The van der Waals surface area contributed by atoms with E-state index in [1.807, 2.05) is 24.3 Å². The van der Waals surface area contributed by atoms with Crippen LogP contribution in [0.4, 0.5) is 0 Å². The van der Waals surface area contributed by atoms with E-state index in [0.29, 0.717) is 11.7 Å². The number of aliphatic hydroxyl groups excluding tert-OH is 1. The van der Waals surface area contributed by atoms with Gasteiger partial charge in [0, 0.05) is 11.8 Å². The van der Waals surface area contributed by atoms with Gasteiger partial charge in [-0.1, -0.05) is 36.5 Å². The average molecular weight is 146 g/mol. The molecule has 2 unspecified atom stereocenters. The van der Waals surface area contributed by atoms with Crippen molar-refractivity contribution in [1.29, 1.82) is 0 Å². The minimum absolute atomic E-state index is 0.185. The Morgan fingerprint density at radius 2 is 1.73 bits per heavy atom. The third-order valence-electron chi connectivity index (χ3n) is 2.12. The van der Waals surface area contributed by atoms with Gasteiger partial charge in [-0.3, -0.25) is 0 Å². The highest BCUT2D eigenvalue weighted by Gasteiger charge is 2.21. The molecule has 1 heteroatoms. The van der Waals surface area contributed by atoms with Gasteiger partial charge in [-0.05, 0) is 6.08 Å². The van der Waals surface area contributed by atoms with Crippen molar-refractivity contribution in [1.82, 2.24) is 0 Å². The Hall–Kier alpha value is -1.24. The maximum atomic E-state index is 9.43. The second kappa shape index (κ2) is 2.42. The molecule has 0 bridgehead atoms. The molecule has 0 aromatic carbocycles. The van der Waals surface area contributed by atoms with Crippen molar-refractivity contribution in [2.24, 2.45) is 11.8 Å². The lowest BCUT2D eigenvalue weighted by Gasteiger charge is -2.22. The molecule has 0 saturated carbocycles. The molecule has 0 aliphatic heterocycles. The molecule has 0 fully saturated rings. The fourth-order valence-corrected chi connectivity index (χ4v) is 1.50. The zero-order valence-electron chi connectivity index (χ0n) is 6.14. The zero-order chi connectivity index (χ0) is 7.68. The molecular formula is C10H10O. The van der Waals surface area contributed by atoms with Crippen LogP contribution in [-0.2, 0) is 0 Å². The predicted octanol–water partition coefficient (Wildman–Crippen LogP) is 2.36. The van der Waals surface area contributed by atoms with Gasteiger partial charge in [-0.2, -0.15) is 0 Å². The SMILES string of the molecule is OC1=CC=CC2C=CC=CC12. The molecule has 0 aromatic rings. The van der Waals surface area contributed by atoms with E-state index < -0.39 is 0 Å². The molecule has 0 spiro atoms. The first kappa shape index (κ1) is 6.47. The van der Waals surface area contributed by atoms with Crippen molar-refractivity contribution in [3.05, 3.63) is 48.3 Å². The van der Waals surface area contributed by atoms with Crippen LogP contribution in [0.25, 0.3) is 0 Å². The lowest BCUT2D eigenvalue weighted by atomic mass is 9.84. The molecule has 11 heavy (non-hydrogen) atoms.